The van der Waals surface area contributed by atoms with Gasteiger partial charge in [-0.05, 0) is 31.4 Å². The van der Waals surface area contributed by atoms with E-state index in [2.05, 4.69) is 15.6 Å². The van der Waals surface area contributed by atoms with Crippen molar-refractivity contribution in [3.8, 4) is 0 Å². The first-order valence-corrected chi connectivity index (χ1v) is 10.4. The number of hydrogen-bond donors (Lipinski definition) is 2. The van der Waals surface area contributed by atoms with Crippen LogP contribution in [-0.2, 0) is 16.1 Å². The van der Waals surface area contributed by atoms with Gasteiger partial charge in [-0.1, -0.05) is 37.7 Å². The first kappa shape index (κ1) is 22.9. The van der Waals surface area contributed by atoms with Crippen molar-refractivity contribution in [1.82, 2.24) is 20.2 Å². The van der Waals surface area contributed by atoms with Crippen LogP contribution in [-0.4, -0.2) is 47.0 Å². The molecule has 0 aliphatic heterocycles. The van der Waals surface area contributed by atoms with Crippen LogP contribution in [0.5, 0.6) is 0 Å². The molecule has 0 spiro atoms. The molecule has 1 atom stereocenters. The van der Waals surface area contributed by atoms with E-state index in [-0.39, 0.29) is 11.5 Å². The molecule has 1 unspecified atom stereocenters. The Hall–Kier alpha value is -2.39. The number of methoxy groups -OCH3 is 1. The number of thioether (sulfide) groups is 1. The van der Waals surface area contributed by atoms with Crippen molar-refractivity contribution < 1.29 is 14.3 Å². The molecule has 0 aliphatic carbocycles. The van der Waals surface area contributed by atoms with Crippen molar-refractivity contribution in [3.05, 3.63) is 34.6 Å². The lowest BCUT2D eigenvalue weighted by Gasteiger charge is -2.16. The summed E-state index contributed by atoms with van der Waals surface area (Å²) in [6, 6.07) is 6.59. The number of carbonyl (C=O) groups is 2. The Kier molecular flexibility index (Phi) is 8.66. The molecule has 3 amide bonds. The molecule has 0 bridgehead atoms. The van der Waals surface area contributed by atoms with E-state index >= 15 is 0 Å². The number of hydrogen-bond acceptors (Lipinski definition) is 6. The number of rotatable bonds is 9. The lowest BCUT2D eigenvalue weighted by atomic mass is 10.2. The minimum Gasteiger partial charge on any atom is -0.385 e. The molecular formula is C20H28N4O4S. The average Bonchev–Trinajstić information content (AvgIpc) is 2.68. The fourth-order valence-corrected chi connectivity index (χ4v) is 3.50. The first-order chi connectivity index (χ1) is 13.8. The number of nitrogens with one attached hydrogen (secondary N) is 2. The molecule has 0 saturated heterocycles. The maximum Gasteiger partial charge on any atom is 0.321 e. The molecule has 2 N–H and O–H groups in total. The number of amides is 3. The summed E-state index contributed by atoms with van der Waals surface area (Å²) in [5.74, 6) is -0.159. The maximum absolute atomic E-state index is 12.9. The molecule has 8 nitrogen and oxygen atoms in total. The number of para-hydroxylation sites is 1. The Morgan fingerprint density at radius 3 is 2.66 bits per heavy atom. The maximum atomic E-state index is 12.9. The Morgan fingerprint density at radius 1 is 1.24 bits per heavy atom. The number of benzene rings is 1. The number of aromatic nitrogens is 2. The van der Waals surface area contributed by atoms with E-state index in [9.17, 15) is 14.4 Å². The first-order valence-electron chi connectivity index (χ1n) is 9.57. The molecule has 1 heterocycles. The van der Waals surface area contributed by atoms with Crippen molar-refractivity contribution in [2.24, 2.45) is 5.92 Å². The van der Waals surface area contributed by atoms with Gasteiger partial charge in [-0.3, -0.25) is 19.5 Å². The van der Waals surface area contributed by atoms with Crippen LogP contribution >= 0.6 is 11.8 Å². The number of urea groups is 1. The molecule has 9 heteroatoms. The fraction of sp³-hybridized carbons (Fsp3) is 0.500. The van der Waals surface area contributed by atoms with Gasteiger partial charge in [0, 0.05) is 26.8 Å². The van der Waals surface area contributed by atoms with Gasteiger partial charge >= 0.3 is 6.03 Å². The quantitative estimate of drug-likeness (QED) is 0.367. The summed E-state index contributed by atoms with van der Waals surface area (Å²) in [5, 5.41) is 5.34. The van der Waals surface area contributed by atoms with E-state index < -0.39 is 17.2 Å². The average molecular weight is 421 g/mol. The summed E-state index contributed by atoms with van der Waals surface area (Å²) in [5.41, 5.74) is 0.418. The minimum absolute atomic E-state index is 0.156. The van der Waals surface area contributed by atoms with Crippen molar-refractivity contribution in [2.45, 2.75) is 44.1 Å². The van der Waals surface area contributed by atoms with Crippen molar-refractivity contribution >= 4 is 34.6 Å². The van der Waals surface area contributed by atoms with Gasteiger partial charge in [0.25, 0.3) is 5.56 Å². The zero-order valence-corrected chi connectivity index (χ0v) is 18.0. The van der Waals surface area contributed by atoms with Crippen LogP contribution in [0.15, 0.2) is 34.2 Å². The lowest BCUT2D eigenvalue weighted by molar-refractivity contribution is -0.119. The van der Waals surface area contributed by atoms with Gasteiger partial charge in [-0.2, -0.15) is 0 Å². The van der Waals surface area contributed by atoms with Crippen LogP contribution in [0, 0.1) is 5.92 Å². The van der Waals surface area contributed by atoms with Crippen LogP contribution in [0.3, 0.4) is 0 Å². The van der Waals surface area contributed by atoms with Gasteiger partial charge < -0.3 is 10.1 Å². The number of imide groups is 1. The topological polar surface area (TPSA) is 102 Å². The van der Waals surface area contributed by atoms with Crippen molar-refractivity contribution in [1.29, 1.82) is 0 Å². The Bertz CT molecular complexity index is 913. The second-order valence-corrected chi connectivity index (χ2v) is 8.38. The highest BCUT2D eigenvalue weighted by Gasteiger charge is 2.21. The highest BCUT2D eigenvalue weighted by molar-refractivity contribution is 8.00. The predicted molar refractivity (Wildman–Crippen MR) is 114 cm³/mol. The monoisotopic (exact) mass is 420 g/mol. The highest BCUT2D eigenvalue weighted by Crippen LogP contribution is 2.23. The van der Waals surface area contributed by atoms with E-state index in [0.29, 0.717) is 42.2 Å². The molecule has 29 heavy (non-hydrogen) atoms. The molecule has 2 rings (SSSR count). The second kappa shape index (κ2) is 11.0. The van der Waals surface area contributed by atoms with Gasteiger partial charge in [0.1, 0.15) is 0 Å². The number of nitrogens with zero attached hydrogens (tertiary/aromatic N) is 2. The van der Waals surface area contributed by atoms with Gasteiger partial charge in [-0.15, -0.1) is 0 Å². The standard InChI is InChI=1S/C20H28N4O4S/c1-13(2)12-21-19(27)23-17(25)14(3)29-20-22-16-9-6-5-8-15(16)18(26)24(20)10-7-11-28-4/h5-6,8-9,13-14H,7,10-12H2,1-4H3,(H2,21,23,25,27). The van der Waals surface area contributed by atoms with E-state index in [1.165, 1.54) is 0 Å². The third-order valence-corrected chi connectivity index (χ3v) is 5.21. The normalized spacial score (nSPS) is 12.2. The molecule has 2 aromatic rings. The van der Waals surface area contributed by atoms with E-state index in [1.54, 1.807) is 36.8 Å². The van der Waals surface area contributed by atoms with Gasteiger partial charge in [0.2, 0.25) is 5.91 Å². The van der Waals surface area contributed by atoms with Crippen LogP contribution in [0.1, 0.15) is 27.2 Å². The highest BCUT2D eigenvalue weighted by atomic mass is 32.2. The van der Waals surface area contributed by atoms with Crippen molar-refractivity contribution in [2.75, 3.05) is 20.3 Å². The smallest absolute Gasteiger partial charge is 0.321 e. The largest absolute Gasteiger partial charge is 0.385 e. The van der Waals surface area contributed by atoms with Gasteiger partial charge in [-0.25, -0.2) is 9.78 Å². The Balaban J connectivity index is 2.20. The number of ether oxygens (including phenoxy) is 1. The Labute approximate surface area is 174 Å². The van der Waals surface area contributed by atoms with Crippen LogP contribution < -0.4 is 16.2 Å². The molecule has 158 valence electrons. The summed E-state index contributed by atoms with van der Waals surface area (Å²) < 4.78 is 6.65. The molecule has 1 aromatic carbocycles. The summed E-state index contributed by atoms with van der Waals surface area (Å²) in [6.45, 7) is 7.03. The number of carbonyl (C=O) groups excluding carboxylic acids is 2. The SMILES string of the molecule is COCCCn1c(SC(C)C(=O)NC(=O)NCC(C)C)nc2ccccc2c1=O. The zero-order valence-electron chi connectivity index (χ0n) is 17.2. The summed E-state index contributed by atoms with van der Waals surface area (Å²) in [6.07, 6.45) is 0.641. The Morgan fingerprint density at radius 2 is 1.97 bits per heavy atom. The fourth-order valence-electron chi connectivity index (χ4n) is 2.57. The molecule has 0 radical (unpaired) electrons. The van der Waals surface area contributed by atoms with Crippen molar-refractivity contribution in [3.63, 3.8) is 0 Å². The third-order valence-electron chi connectivity index (χ3n) is 4.12. The lowest BCUT2D eigenvalue weighted by Crippen LogP contribution is -2.43. The molecule has 0 fully saturated rings. The van der Waals surface area contributed by atoms with E-state index in [1.807, 2.05) is 19.9 Å². The van der Waals surface area contributed by atoms with E-state index in [4.69, 9.17) is 4.74 Å². The predicted octanol–water partition coefficient (Wildman–Crippen LogP) is 2.40. The number of fused-ring (bicyclic) bond motifs is 1. The molecular weight excluding hydrogens is 392 g/mol. The van der Waals surface area contributed by atoms with E-state index in [0.717, 1.165) is 11.8 Å². The van der Waals surface area contributed by atoms with Gasteiger partial charge in [0.15, 0.2) is 5.16 Å². The van der Waals surface area contributed by atoms with Crippen LogP contribution in [0.2, 0.25) is 0 Å². The summed E-state index contributed by atoms with van der Waals surface area (Å²) >= 11 is 1.15. The molecule has 0 aliphatic rings. The second-order valence-electron chi connectivity index (χ2n) is 7.07. The molecule has 1 aromatic heterocycles. The minimum atomic E-state index is -0.610. The third kappa shape index (κ3) is 6.57. The summed E-state index contributed by atoms with van der Waals surface area (Å²) in [7, 11) is 1.60. The molecule has 0 saturated carbocycles. The zero-order chi connectivity index (χ0) is 21.4. The van der Waals surface area contributed by atoms with Crippen LogP contribution in [0.4, 0.5) is 4.79 Å². The van der Waals surface area contributed by atoms with Crippen LogP contribution in [0.25, 0.3) is 10.9 Å². The van der Waals surface area contributed by atoms with Gasteiger partial charge in [0.05, 0.1) is 16.2 Å². The summed E-state index contributed by atoms with van der Waals surface area (Å²) in [4.78, 5) is 41.7.